The standard InChI is InChI=1S/C34H37FN6O8S/c1-21-31(22-5-4-6-26(17-22)50(48,49)38(2)3)27-18-23(7-9-28(27)41(21)20-24(35)11-12-36-33(45)46)32(44)37-25-8-10-29-30(19-25)40(14-16-43)34(47)39(29)13-15-42/h4-11,17-19,36,42-43H,12-16,20H2,1-3H3,(H,37,44)(H,45,46)/b24-11-. The van der Waals surface area contributed by atoms with Crippen molar-refractivity contribution in [1.29, 1.82) is 0 Å². The maximum Gasteiger partial charge on any atom is 0.404 e. The number of amides is 2. The predicted molar refractivity (Wildman–Crippen MR) is 187 cm³/mol. The average Bonchev–Trinajstić information content (AvgIpc) is 3.49. The van der Waals surface area contributed by atoms with E-state index in [9.17, 15) is 33.0 Å². The summed E-state index contributed by atoms with van der Waals surface area (Å²) in [6, 6.07) is 16.0. The maximum atomic E-state index is 15.1. The summed E-state index contributed by atoms with van der Waals surface area (Å²) in [4.78, 5) is 37.4. The highest BCUT2D eigenvalue weighted by molar-refractivity contribution is 7.89. The number of carbonyl (C=O) groups excluding carboxylic acids is 1. The monoisotopic (exact) mass is 708 g/mol. The zero-order chi connectivity index (χ0) is 36.3. The molecule has 2 heterocycles. The summed E-state index contributed by atoms with van der Waals surface area (Å²) in [5.41, 5.74) is 3.39. The first-order chi connectivity index (χ1) is 23.8. The third-order valence-corrected chi connectivity index (χ3v) is 10.1. The Morgan fingerprint density at radius 2 is 1.60 bits per heavy atom. The summed E-state index contributed by atoms with van der Waals surface area (Å²) in [5, 5.41) is 33.3. The second-order valence-electron chi connectivity index (χ2n) is 11.6. The van der Waals surface area contributed by atoms with Gasteiger partial charge >= 0.3 is 11.8 Å². The van der Waals surface area contributed by atoms with E-state index in [-0.39, 0.29) is 49.9 Å². The van der Waals surface area contributed by atoms with E-state index in [1.54, 1.807) is 60.0 Å². The predicted octanol–water partition coefficient (Wildman–Crippen LogP) is 3.34. The fourth-order valence-electron chi connectivity index (χ4n) is 5.91. The largest absolute Gasteiger partial charge is 0.465 e. The number of rotatable bonds is 13. The molecule has 16 heteroatoms. The van der Waals surface area contributed by atoms with E-state index in [2.05, 4.69) is 10.6 Å². The molecule has 0 saturated heterocycles. The van der Waals surface area contributed by atoms with Gasteiger partial charge in [0.15, 0.2) is 0 Å². The second-order valence-corrected chi connectivity index (χ2v) is 13.8. The molecule has 50 heavy (non-hydrogen) atoms. The van der Waals surface area contributed by atoms with Crippen LogP contribution in [0.25, 0.3) is 33.1 Å². The Balaban J connectivity index is 1.59. The van der Waals surface area contributed by atoms with Gasteiger partial charge in [-0.25, -0.2) is 26.7 Å². The highest BCUT2D eigenvalue weighted by Crippen LogP contribution is 2.37. The van der Waals surface area contributed by atoms with Crippen molar-refractivity contribution >= 4 is 49.6 Å². The quantitative estimate of drug-likeness (QED) is 0.123. The van der Waals surface area contributed by atoms with Gasteiger partial charge in [-0.1, -0.05) is 12.1 Å². The zero-order valence-corrected chi connectivity index (χ0v) is 28.4. The Labute approximate surface area is 286 Å². The number of benzene rings is 3. The number of nitrogens with zero attached hydrogens (tertiary/aromatic N) is 4. The van der Waals surface area contributed by atoms with E-state index >= 15 is 4.39 Å². The van der Waals surface area contributed by atoms with Crippen LogP contribution in [0, 0.1) is 6.92 Å². The molecule has 2 aromatic heterocycles. The fraction of sp³-hybridized carbons (Fsp3) is 0.265. The first-order valence-electron chi connectivity index (χ1n) is 15.5. The lowest BCUT2D eigenvalue weighted by Crippen LogP contribution is -2.26. The highest BCUT2D eigenvalue weighted by atomic mass is 32.2. The van der Waals surface area contributed by atoms with E-state index in [0.717, 1.165) is 10.4 Å². The number of carbonyl (C=O) groups is 2. The summed E-state index contributed by atoms with van der Waals surface area (Å²) in [6.07, 6.45) is -0.183. The lowest BCUT2D eigenvalue weighted by Gasteiger charge is -2.13. The van der Waals surface area contributed by atoms with Gasteiger partial charge in [0.25, 0.3) is 5.91 Å². The second kappa shape index (κ2) is 14.7. The number of halogens is 1. The van der Waals surface area contributed by atoms with Gasteiger partial charge < -0.3 is 30.5 Å². The molecule has 0 aliphatic rings. The molecule has 0 fully saturated rings. The highest BCUT2D eigenvalue weighted by Gasteiger charge is 2.22. The number of nitrogens with one attached hydrogen (secondary N) is 2. The average molecular weight is 709 g/mol. The van der Waals surface area contributed by atoms with Crippen LogP contribution < -0.4 is 16.3 Å². The van der Waals surface area contributed by atoms with Crippen LogP contribution in [0.15, 0.2) is 82.3 Å². The molecule has 5 aromatic rings. The smallest absolute Gasteiger partial charge is 0.404 e. The minimum Gasteiger partial charge on any atom is -0.465 e. The van der Waals surface area contributed by atoms with Crippen molar-refractivity contribution in [2.45, 2.75) is 31.5 Å². The van der Waals surface area contributed by atoms with Gasteiger partial charge in [0.05, 0.1) is 48.8 Å². The number of aliphatic hydroxyl groups excluding tert-OH is 2. The molecule has 0 aliphatic heterocycles. The van der Waals surface area contributed by atoms with Gasteiger partial charge in [0.2, 0.25) is 10.0 Å². The molecular formula is C34H37FN6O8S. The molecule has 2 amide bonds. The van der Waals surface area contributed by atoms with Crippen molar-refractivity contribution in [1.82, 2.24) is 23.3 Å². The molecular weight excluding hydrogens is 671 g/mol. The fourth-order valence-corrected chi connectivity index (χ4v) is 6.86. The number of hydrogen-bond donors (Lipinski definition) is 5. The Morgan fingerprint density at radius 1 is 0.920 bits per heavy atom. The molecule has 0 spiro atoms. The number of aromatic nitrogens is 3. The van der Waals surface area contributed by atoms with Crippen LogP contribution in [0.5, 0.6) is 0 Å². The Kier molecular flexibility index (Phi) is 10.6. The van der Waals surface area contributed by atoms with Crippen LogP contribution in [-0.2, 0) is 29.7 Å². The Morgan fingerprint density at radius 3 is 2.26 bits per heavy atom. The summed E-state index contributed by atoms with van der Waals surface area (Å²) >= 11 is 0. The van der Waals surface area contributed by atoms with E-state index in [4.69, 9.17) is 5.11 Å². The van der Waals surface area contributed by atoms with Crippen molar-refractivity contribution in [3.05, 3.63) is 94.3 Å². The molecule has 0 radical (unpaired) electrons. The van der Waals surface area contributed by atoms with Gasteiger partial charge in [0, 0.05) is 54.1 Å². The van der Waals surface area contributed by atoms with Crippen LogP contribution in [0.4, 0.5) is 14.9 Å². The number of anilines is 1. The lowest BCUT2D eigenvalue weighted by molar-refractivity contribution is 0.102. The number of fused-ring (bicyclic) bond motifs is 2. The maximum absolute atomic E-state index is 15.1. The molecule has 0 bridgehead atoms. The Bertz CT molecular complexity index is 2310. The van der Waals surface area contributed by atoms with Gasteiger partial charge in [0.1, 0.15) is 5.83 Å². The molecule has 3 aromatic carbocycles. The summed E-state index contributed by atoms with van der Waals surface area (Å²) < 4.78 is 46.6. The minimum absolute atomic E-state index is 0.0177. The van der Waals surface area contributed by atoms with Crippen LogP contribution in [0.2, 0.25) is 0 Å². The topological polar surface area (TPSA) is 188 Å². The zero-order valence-electron chi connectivity index (χ0n) is 27.6. The van der Waals surface area contributed by atoms with E-state index in [1.165, 1.54) is 35.4 Å². The molecule has 14 nitrogen and oxygen atoms in total. The van der Waals surface area contributed by atoms with Gasteiger partial charge in [-0.15, -0.1) is 0 Å². The van der Waals surface area contributed by atoms with E-state index in [0.29, 0.717) is 44.4 Å². The molecule has 5 N–H and O–H groups in total. The number of aliphatic hydroxyl groups is 2. The molecule has 0 saturated carbocycles. The van der Waals surface area contributed by atoms with Crippen molar-refractivity contribution in [3.63, 3.8) is 0 Å². The summed E-state index contributed by atoms with van der Waals surface area (Å²) in [6.45, 7) is 0.774. The van der Waals surface area contributed by atoms with Crippen LogP contribution in [-0.4, -0.2) is 87.6 Å². The SMILES string of the molecule is Cc1c(-c2cccc(S(=O)(=O)N(C)C)c2)c2cc(C(=O)Nc3ccc4c(c3)n(CCO)c(=O)n4CCO)ccc2n1C/C(F)=C/CNC(=O)O. The van der Waals surface area contributed by atoms with Crippen molar-refractivity contribution < 1.29 is 37.7 Å². The summed E-state index contributed by atoms with van der Waals surface area (Å²) in [5.74, 6) is -1.11. The molecule has 0 aliphatic carbocycles. The number of hydrogen-bond acceptors (Lipinski definition) is 7. The molecule has 0 atom stereocenters. The number of imidazole rings is 1. The van der Waals surface area contributed by atoms with Crippen LogP contribution in [0.3, 0.4) is 0 Å². The normalized spacial score (nSPS) is 12.3. The van der Waals surface area contributed by atoms with Gasteiger partial charge in [-0.05, 0) is 67.1 Å². The number of sulfonamides is 1. The van der Waals surface area contributed by atoms with Crippen LogP contribution in [0.1, 0.15) is 16.1 Å². The molecule has 5 rings (SSSR count). The van der Waals surface area contributed by atoms with Gasteiger partial charge in [-0.3, -0.25) is 13.9 Å². The lowest BCUT2D eigenvalue weighted by atomic mass is 10.0. The van der Waals surface area contributed by atoms with Crippen LogP contribution >= 0.6 is 0 Å². The third kappa shape index (κ3) is 7.04. The first-order valence-corrected chi connectivity index (χ1v) is 17.0. The van der Waals surface area contributed by atoms with E-state index in [1.807, 2.05) is 0 Å². The third-order valence-electron chi connectivity index (χ3n) is 8.30. The van der Waals surface area contributed by atoms with Crippen molar-refractivity contribution in [3.8, 4) is 11.1 Å². The number of carboxylic acid groups (broad SMARTS) is 1. The van der Waals surface area contributed by atoms with Crippen molar-refractivity contribution in [2.24, 2.45) is 0 Å². The molecule has 0 unspecified atom stereocenters. The summed E-state index contributed by atoms with van der Waals surface area (Å²) in [7, 11) is -0.951. The molecule has 264 valence electrons. The Hall–Kier alpha value is -5.29. The van der Waals surface area contributed by atoms with Crippen molar-refractivity contribution in [2.75, 3.05) is 39.2 Å². The van der Waals surface area contributed by atoms with E-state index < -0.39 is 33.5 Å². The first kappa shape index (κ1) is 36.0. The number of allylic oxidation sites excluding steroid dienone is 1. The van der Waals surface area contributed by atoms with Gasteiger partial charge in [-0.2, -0.15) is 0 Å². The minimum atomic E-state index is -3.80.